The van der Waals surface area contributed by atoms with Crippen molar-refractivity contribution in [1.29, 1.82) is 0 Å². The van der Waals surface area contributed by atoms with Gasteiger partial charge in [-0.3, -0.25) is 0 Å². The quantitative estimate of drug-likeness (QED) is 0.611. The highest BCUT2D eigenvalue weighted by Gasteiger charge is 2.15. The summed E-state index contributed by atoms with van der Waals surface area (Å²) in [5.41, 5.74) is 0. The fraction of sp³-hybridized carbons (Fsp3) is 0.462. The highest BCUT2D eigenvalue weighted by molar-refractivity contribution is 7.80. The predicted molar refractivity (Wildman–Crippen MR) is 86.0 cm³/mol. The number of morpholine rings is 1. The zero-order valence-corrected chi connectivity index (χ0v) is 12.8. The Morgan fingerprint density at radius 1 is 1.52 bits per heavy atom. The molecule has 0 atom stereocenters. The monoisotopic (exact) mass is 309 g/mol. The van der Waals surface area contributed by atoms with Crippen LogP contribution in [0.5, 0.6) is 5.88 Å². The summed E-state index contributed by atoms with van der Waals surface area (Å²) in [6, 6.07) is 1.80. The van der Waals surface area contributed by atoms with Gasteiger partial charge < -0.3 is 25.0 Å². The van der Waals surface area contributed by atoms with Crippen molar-refractivity contribution in [3.63, 3.8) is 0 Å². The molecule has 0 unspecified atom stereocenters. The van der Waals surface area contributed by atoms with Crippen LogP contribution in [0, 0.1) is 0 Å². The number of hydrogen-bond donors (Lipinski definition) is 2. The molecule has 1 aliphatic heterocycles. The molecule has 2 N–H and O–H groups in total. The van der Waals surface area contributed by atoms with Crippen molar-refractivity contribution < 1.29 is 9.47 Å². The number of nitrogens with zero attached hydrogens (tertiary/aromatic N) is 3. The molecule has 0 aliphatic carbocycles. The molecule has 1 aliphatic rings. The van der Waals surface area contributed by atoms with E-state index in [9.17, 15) is 0 Å². The van der Waals surface area contributed by atoms with E-state index in [-0.39, 0.29) is 0 Å². The first kappa shape index (κ1) is 15.5. The first-order valence-corrected chi connectivity index (χ1v) is 7.05. The van der Waals surface area contributed by atoms with Crippen molar-refractivity contribution in [2.75, 3.05) is 50.2 Å². The van der Waals surface area contributed by atoms with Crippen molar-refractivity contribution in [2.24, 2.45) is 0 Å². The highest BCUT2D eigenvalue weighted by Crippen LogP contribution is 2.20. The van der Waals surface area contributed by atoms with E-state index < -0.39 is 0 Å². The van der Waals surface area contributed by atoms with Crippen molar-refractivity contribution in [3.8, 4) is 5.88 Å². The van der Waals surface area contributed by atoms with Crippen LogP contribution in [0.25, 0.3) is 0 Å². The average molecular weight is 309 g/mol. The van der Waals surface area contributed by atoms with Crippen molar-refractivity contribution in [3.05, 3.63) is 18.7 Å². The molecule has 8 heteroatoms. The van der Waals surface area contributed by atoms with E-state index in [1.54, 1.807) is 19.3 Å². The molecule has 0 bridgehead atoms. The van der Waals surface area contributed by atoms with Crippen LogP contribution in [0.15, 0.2) is 18.7 Å². The molecule has 2 heterocycles. The normalized spacial score (nSPS) is 14.4. The third-order valence-corrected chi connectivity index (χ3v) is 3.11. The summed E-state index contributed by atoms with van der Waals surface area (Å²) in [5, 5.41) is 6.35. The van der Waals surface area contributed by atoms with Crippen LogP contribution in [-0.4, -0.2) is 55.0 Å². The minimum absolute atomic E-state index is 0.400. The average Bonchev–Trinajstić information content (AvgIpc) is 2.53. The van der Waals surface area contributed by atoms with Crippen LogP contribution in [0.3, 0.4) is 0 Å². The molecule has 21 heavy (non-hydrogen) atoms. The summed E-state index contributed by atoms with van der Waals surface area (Å²) in [6.45, 7) is 7.16. The molecular formula is C13H19N5O2S. The lowest BCUT2D eigenvalue weighted by molar-refractivity contribution is 0.122. The van der Waals surface area contributed by atoms with E-state index in [1.165, 1.54) is 0 Å². The van der Waals surface area contributed by atoms with E-state index in [1.807, 2.05) is 0 Å². The highest BCUT2D eigenvalue weighted by atomic mass is 32.1. The van der Waals surface area contributed by atoms with Gasteiger partial charge in [-0.25, -0.2) is 0 Å². The third kappa shape index (κ3) is 4.54. The molecule has 7 nitrogen and oxygen atoms in total. The third-order valence-electron chi connectivity index (χ3n) is 2.87. The molecule has 0 saturated carbocycles. The van der Waals surface area contributed by atoms with Gasteiger partial charge in [0.15, 0.2) is 5.11 Å². The molecule has 1 aromatic rings. The van der Waals surface area contributed by atoms with E-state index in [2.05, 4.69) is 32.1 Å². The molecule has 0 amide bonds. The minimum atomic E-state index is 0.400. The number of rotatable bonds is 5. The second kappa shape index (κ2) is 7.75. The lowest BCUT2D eigenvalue weighted by atomic mass is 10.4. The Bertz CT molecular complexity index is 505. The number of ether oxygens (including phenoxy) is 2. The molecule has 1 fully saturated rings. The number of nitrogens with one attached hydrogen (secondary N) is 2. The van der Waals surface area contributed by atoms with Gasteiger partial charge in [0.2, 0.25) is 11.8 Å². The van der Waals surface area contributed by atoms with E-state index >= 15 is 0 Å². The zero-order chi connectivity index (χ0) is 15.1. The fourth-order valence-corrected chi connectivity index (χ4v) is 2.01. The van der Waals surface area contributed by atoms with Crippen LogP contribution in [0.1, 0.15) is 0 Å². The molecule has 1 aromatic heterocycles. The Morgan fingerprint density at radius 3 is 2.95 bits per heavy atom. The van der Waals surface area contributed by atoms with E-state index in [0.29, 0.717) is 36.7 Å². The summed E-state index contributed by atoms with van der Waals surface area (Å²) in [4.78, 5) is 10.8. The van der Waals surface area contributed by atoms with E-state index in [4.69, 9.17) is 21.7 Å². The van der Waals surface area contributed by atoms with Gasteiger partial charge in [0, 0.05) is 25.7 Å². The Morgan fingerprint density at radius 2 is 2.29 bits per heavy atom. The first-order valence-electron chi connectivity index (χ1n) is 6.64. The summed E-state index contributed by atoms with van der Waals surface area (Å²) >= 11 is 5.16. The SMILES string of the molecule is C=CCNC(=S)Nc1nc(OC)cc(N2CCOCC2)n1. The lowest BCUT2D eigenvalue weighted by Gasteiger charge is -2.28. The van der Waals surface area contributed by atoms with Crippen molar-refractivity contribution >= 4 is 29.1 Å². The largest absolute Gasteiger partial charge is 0.481 e. The maximum absolute atomic E-state index is 5.34. The molecular weight excluding hydrogens is 290 g/mol. The Balaban J connectivity index is 2.12. The van der Waals surface area contributed by atoms with Crippen LogP contribution in [0.4, 0.5) is 11.8 Å². The molecule has 114 valence electrons. The fourth-order valence-electron chi connectivity index (χ4n) is 1.84. The van der Waals surface area contributed by atoms with Crippen LogP contribution in [0.2, 0.25) is 0 Å². The van der Waals surface area contributed by atoms with Crippen molar-refractivity contribution in [1.82, 2.24) is 15.3 Å². The summed E-state index contributed by atoms with van der Waals surface area (Å²) in [5.74, 6) is 1.68. The van der Waals surface area contributed by atoms with Gasteiger partial charge in [0.05, 0.1) is 20.3 Å². The van der Waals surface area contributed by atoms with Gasteiger partial charge in [-0.1, -0.05) is 6.08 Å². The Kier molecular flexibility index (Phi) is 5.70. The summed E-state index contributed by atoms with van der Waals surface area (Å²) in [7, 11) is 1.57. The predicted octanol–water partition coefficient (Wildman–Crippen LogP) is 0.794. The summed E-state index contributed by atoms with van der Waals surface area (Å²) in [6.07, 6.45) is 1.72. The van der Waals surface area contributed by atoms with Crippen molar-refractivity contribution in [2.45, 2.75) is 0 Å². The number of thiocarbonyl (C=S) groups is 1. The maximum atomic E-state index is 5.34. The Labute approximate surface area is 129 Å². The smallest absolute Gasteiger partial charge is 0.234 e. The van der Waals surface area contributed by atoms with Gasteiger partial charge in [0.1, 0.15) is 5.82 Å². The standard InChI is InChI=1S/C13H19N5O2S/c1-3-4-14-13(21)17-12-15-10(9-11(16-12)19-2)18-5-7-20-8-6-18/h3,9H,1,4-8H2,2H3,(H2,14,15,16,17,21). The molecule has 0 radical (unpaired) electrons. The molecule has 0 aromatic carbocycles. The summed E-state index contributed by atoms with van der Waals surface area (Å²) < 4.78 is 10.6. The van der Waals surface area contributed by atoms with Crippen LogP contribution in [-0.2, 0) is 4.74 Å². The zero-order valence-electron chi connectivity index (χ0n) is 12.0. The number of aromatic nitrogens is 2. The van der Waals surface area contributed by atoms with Crippen LogP contribution < -0.4 is 20.3 Å². The molecule has 0 spiro atoms. The maximum Gasteiger partial charge on any atom is 0.234 e. The Hall–Kier alpha value is -1.93. The number of methoxy groups -OCH3 is 1. The second-order valence-electron chi connectivity index (χ2n) is 4.32. The molecule has 1 saturated heterocycles. The first-order chi connectivity index (χ1) is 10.2. The number of anilines is 2. The van der Waals surface area contributed by atoms with Gasteiger partial charge in [-0.05, 0) is 12.2 Å². The second-order valence-corrected chi connectivity index (χ2v) is 4.72. The van der Waals surface area contributed by atoms with Gasteiger partial charge in [-0.15, -0.1) is 6.58 Å². The van der Waals surface area contributed by atoms with E-state index in [0.717, 1.165) is 18.9 Å². The van der Waals surface area contributed by atoms with Gasteiger partial charge >= 0.3 is 0 Å². The molecule has 2 rings (SSSR count). The van der Waals surface area contributed by atoms with Crippen LogP contribution >= 0.6 is 12.2 Å². The van der Waals surface area contributed by atoms with Gasteiger partial charge in [0.25, 0.3) is 0 Å². The number of hydrogen-bond acceptors (Lipinski definition) is 6. The topological polar surface area (TPSA) is 71.5 Å². The lowest BCUT2D eigenvalue weighted by Crippen LogP contribution is -2.37. The van der Waals surface area contributed by atoms with Gasteiger partial charge in [-0.2, -0.15) is 9.97 Å². The minimum Gasteiger partial charge on any atom is -0.481 e.